The normalized spacial score (nSPS) is 19.1. The molecule has 0 radical (unpaired) electrons. The number of ether oxygens (including phenoxy) is 2. The molecule has 0 aromatic heterocycles. The SMILES string of the molecule is CCC(C)NC(=O)C1CC(C(F)(F)F)N(CCCC(=O)N[C@H](C(=O)N[C@@H](CCCNC(N)=O)C(=O)Nc2ccc(CNC(=O)[C@H](Cc3ccccc3)NC(=O)[C@H](C)[C@@H](OC)[C@@H]3CCCN3C(=O)C[C@@H](OC)[C@H]([C@@H](C)CC)N(C)C(=O)[C@@H](NC(=O)[C@H](C(C)C)N(C)C)C(C)C)cc2)C(C)C)C1. The summed E-state index contributed by atoms with van der Waals surface area (Å²) in [5.74, 6) is -6.74. The number of likely N-dealkylation sites (tertiary alicyclic amines) is 2. The van der Waals surface area contributed by atoms with E-state index in [4.69, 9.17) is 15.2 Å². The molecule has 100 heavy (non-hydrogen) atoms. The van der Waals surface area contributed by atoms with Crippen LogP contribution in [0.2, 0.25) is 0 Å². The van der Waals surface area contributed by atoms with E-state index in [1.807, 2.05) is 97.8 Å². The van der Waals surface area contributed by atoms with Gasteiger partial charge in [0, 0.05) is 72.0 Å². The Bertz CT molecular complexity index is 2970. The van der Waals surface area contributed by atoms with E-state index in [1.54, 1.807) is 68.8 Å². The van der Waals surface area contributed by atoms with Gasteiger partial charge in [0.25, 0.3) is 0 Å². The maximum atomic E-state index is 14.6. The molecule has 25 nitrogen and oxygen atoms in total. The minimum Gasteiger partial charge on any atom is -0.379 e. The number of amides is 11. The first-order valence-electron chi connectivity index (χ1n) is 35.4. The first-order valence-corrected chi connectivity index (χ1v) is 35.4. The Kier molecular flexibility index (Phi) is 34.7. The quantitative estimate of drug-likeness (QED) is 0.0365. The van der Waals surface area contributed by atoms with Crippen LogP contribution in [0.5, 0.6) is 0 Å². The zero-order chi connectivity index (χ0) is 74.9. The van der Waals surface area contributed by atoms with Gasteiger partial charge in [0.05, 0.1) is 48.6 Å². The van der Waals surface area contributed by atoms with E-state index >= 15 is 0 Å². The number of hydrogen-bond acceptors (Lipinski definition) is 14. The van der Waals surface area contributed by atoms with Gasteiger partial charge in [-0.3, -0.25) is 53.0 Å². The maximum absolute atomic E-state index is 14.6. The second kappa shape index (κ2) is 40.9. The van der Waals surface area contributed by atoms with E-state index in [1.165, 1.54) is 19.1 Å². The lowest BCUT2D eigenvalue weighted by atomic mass is 9.89. The largest absolute Gasteiger partial charge is 0.404 e. The predicted octanol–water partition coefficient (Wildman–Crippen LogP) is 5.64. The summed E-state index contributed by atoms with van der Waals surface area (Å²) in [6, 6.07) is 7.08. The summed E-state index contributed by atoms with van der Waals surface area (Å²) in [4.78, 5) is 143. The molecule has 2 heterocycles. The van der Waals surface area contributed by atoms with Crippen LogP contribution in [0, 0.1) is 35.5 Å². The molecule has 2 saturated heterocycles. The number of primary amides is 1. The molecule has 2 aliphatic rings. The van der Waals surface area contributed by atoms with Crippen molar-refractivity contribution < 1.29 is 70.6 Å². The third-order valence-corrected chi connectivity index (χ3v) is 19.4. The van der Waals surface area contributed by atoms with Crippen molar-refractivity contribution in [3.8, 4) is 0 Å². The van der Waals surface area contributed by atoms with Crippen molar-refractivity contribution in [3.05, 3.63) is 65.7 Å². The summed E-state index contributed by atoms with van der Waals surface area (Å²) in [5, 5.41) is 22.3. The molecular formula is C72H116F3N13O12. The Balaban J connectivity index is 1.43. The lowest BCUT2D eigenvalue weighted by molar-refractivity contribution is -0.176. The number of rotatable bonds is 40. The zero-order valence-corrected chi connectivity index (χ0v) is 61.7. The number of methoxy groups -OCH3 is 2. The number of nitrogens with zero attached hydrogens (tertiary/aromatic N) is 4. The number of nitrogens with two attached hydrogens (primary N) is 1. The molecule has 2 fully saturated rings. The fourth-order valence-corrected chi connectivity index (χ4v) is 13.4. The molecule has 2 aliphatic heterocycles. The van der Waals surface area contributed by atoms with Gasteiger partial charge >= 0.3 is 12.2 Å². The first kappa shape index (κ1) is 85.0. The molecule has 2 aromatic rings. The summed E-state index contributed by atoms with van der Waals surface area (Å²) in [6.45, 7) is 20.6. The van der Waals surface area contributed by atoms with Crippen molar-refractivity contribution >= 4 is 64.9 Å². The van der Waals surface area contributed by atoms with Crippen molar-refractivity contribution in [2.75, 3.05) is 66.9 Å². The third-order valence-electron chi connectivity index (χ3n) is 19.4. The second-order valence-electron chi connectivity index (χ2n) is 28.3. The fraction of sp³-hybridized carbons (Fsp3) is 0.694. The van der Waals surface area contributed by atoms with Gasteiger partial charge in [0.2, 0.25) is 53.2 Å². The number of likely N-dealkylation sites (N-methyl/N-ethyl adjacent to an activating group) is 2. The Morgan fingerprint density at radius 3 is 1.89 bits per heavy atom. The summed E-state index contributed by atoms with van der Waals surface area (Å²) in [6.07, 6.45) is -4.00. The molecule has 4 rings (SSSR count). The van der Waals surface area contributed by atoms with Gasteiger partial charge in [0.15, 0.2) is 0 Å². The molecule has 14 atom stereocenters. The van der Waals surface area contributed by atoms with Crippen LogP contribution in [-0.4, -0.2) is 213 Å². The summed E-state index contributed by atoms with van der Waals surface area (Å²) >= 11 is 0. The molecule has 3 unspecified atom stereocenters. The predicted molar refractivity (Wildman–Crippen MR) is 376 cm³/mol. The van der Waals surface area contributed by atoms with Gasteiger partial charge in [-0.25, -0.2) is 4.79 Å². The number of nitrogens with one attached hydrogen (secondary N) is 8. The number of carbonyl (C=O) groups excluding carboxylic acids is 10. The Morgan fingerprint density at radius 1 is 0.690 bits per heavy atom. The topological polar surface area (TPSA) is 324 Å². The fourth-order valence-electron chi connectivity index (χ4n) is 13.4. The van der Waals surface area contributed by atoms with Crippen molar-refractivity contribution in [1.29, 1.82) is 0 Å². The number of alkyl halides is 3. The van der Waals surface area contributed by atoms with Crippen LogP contribution in [-0.2, 0) is 65.6 Å². The monoisotopic (exact) mass is 1410 g/mol. The molecule has 11 amide bonds. The molecule has 28 heteroatoms. The van der Waals surface area contributed by atoms with E-state index in [0.717, 1.165) is 5.56 Å². The summed E-state index contributed by atoms with van der Waals surface area (Å²) < 4.78 is 54.6. The van der Waals surface area contributed by atoms with E-state index < -0.39 is 132 Å². The molecule has 2 aromatic carbocycles. The van der Waals surface area contributed by atoms with Crippen LogP contribution >= 0.6 is 0 Å². The zero-order valence-electron chi connectivity index (χ0n) is 61.7. The average molecular weight is 1410 g/mol. The van der Waals surface area contributed by atoms with E-state index in [0.29, 0.717) is 43.5 Å². The molecular weight excluding hydrogens is 1300 g/mol. The Labute approximate surface area is 589 Å². The minimum atomic E-state index is -4.59. The average Bonchev–Trinajstić information content (AvgIpc) is 1.66. The Hall–Kier alpha value is -7.43. The molecule has 0 saturated carbocycles. The minimum absolute atomic E-state index is 0.00956. The van der Waals surface area contributed by atoms with Crippen LogP contribution in [0.15, 0.2) is 54.6 Å². The van der Waals surface area contributed by atoms with Gasteiger partial charge in [-0.1, -0.05) is 118 Å². The van der Waals surface area contributed by atoms with Gasteiger partial charge in [-0.15, -0.1) is 0 Å². The highest BCUT2D eigenvalue weighted by molar-refractivity contribution is 5.98. The summed E-state index contributed by atoms with van der Waals surface area (Å²) in [7, 11) is 8.35. The smallest absolute Gasteiger partial charge is 0.379 e. The molecule has 0 bridgehead atoms. The van der Waals surface area contributed by atoms with Gasteiger partial charge in [-0.05, 0) is 119 Å². The molecule has 562 valence electrons. The van der Waals surface area contributed by atoms with Gasteiger partial charge in [0.1, 0.15) is 30.2 Å². The van der Waals surface area contributed by atoms with Crippen LogP contribution in [0.3, 0.4) is 0 Å². The van der Waals surface area contributed by atoms with Crippen LogP contribution in [0.4, 0.5) is 23.7 Å². The van der Waals surface area contributed by atoms with Gasteiger partial charge in [-0.2, -0.15) is 13.2 Å². The van der Waals surface area contributed by atoms with E-state index in [2.05, 4.69) is 42.5 Å². The highest BCUT2D eigenvalue weighted by Crippen LogP contribution is 2.36. The van der Waals surface area contributed by atoms with Crippen molar-refractivity contribution in [2.45, 2.75) is 226 Å². The molecule has 10 N–H and O–H groups in total. The van der Waals surface area contributed by atoms with Crippen molar-refractivity contribution in [3.63, 3.8) is 0 Å². The summed E-state index contributed by atoms with van der Waals surface area (Å²) in [5.41, 5.74) is 6.98. The third kappa shape index (κ3) is 25.6. The highest BCUT2D eigenvalue weighted by atomic mass is 19.4. The van der Waals surface area contributed by atoms with Crippen LogP contribution in [0.1, 0.15) is 151 Å². The number of anilines is 1. The highest BCUT2D eigenvalue weighted by Gasteiger charge is 2.51. The first-order chi connectivity index (χ1) is 47.1. The second-order valence-corrected chi connectivity index (χ2v) is 28.3. The number of urea groups is 1. The van der Waals surface area contributed by atoms with E-state index in [9.17, 15) is 61.1 Å². The van der Waals surface area contributed by atoms with Crippen LogP contribution < -0.4 is 48.3 Å². The number of carbonyl (C=O) groups is 10. The lowest BCUT2D eigenvalue weighted by Crippen LogP contribution is -2.59. The van der Waals surface area contributed by atoms with Crippen LogP contribution in [0.25, 0.3) is 0 Å². The lowest BCUT2D eigenvalue weighted by Gasteiger charge is -2.41. The standard InChI is InChI=1S/C72H116F3N13O12/c1-17-45(9)62(86(14)70(97)60(43(5)6)84-69(96)61(44(7)8)85(12)13)55(99-15)39-58(90)88-36-23-28-54(88)63(100-16)47(11)64(91)82-53(37-48-25-20-19-21-26-48)66(93)78-40-49-30-32-51(33-31-49)80-67(94)52(27-22-34-77-71(76)98)81-68(95)59(42(3)4)83-57(89)29-24-35-87-41-50(38-56(87)72(73,74)75)65(92)79-46(10)18-2/h19-21,25-26,30-33,42-47,50,52-56,59-63H,17-18,22-24,27-29,34-41H2,1-16H3,(H,78,93)(H,79,92)(H,80,94)(H,81,95)(H,82,91)(H,83,89)(H,84,96)(H3,76,77,98)/t45-,46?,47+,50?,52-,53-,54-,55+,56?,59-,60-,61-,62-,63+/m0/s1. The Morgan fingerprint density at radius 2 is 1.33 bits per heavy atom. The van der Waals surface area contributed by atoms with Crippen molar-refractivity contribution in [1.82, 2.24) is 56.8 Å². The van der Waals surface area contributed by atoms with Gasteiger partial charge < -0.3 is 67.5 Å². The number of hydrogen-bond donors (Lipinski definition) is 9. The molecule has 0 aliphatic carbocycles. The number of benzene rings is 2. The molecule has 0 spiro atoms. The van der Waals surface area contributed by atoms with E-state index in [-0.39, 0.29) is 106 Å². The maximum Gasteiger partial charge on any atom is 0.404 e. The number of halogens is 3. The van der Waals surface area contributed by atoms with Crippen molar-refractivity contribution in [2.24, 2.45) is 41.2 Å².